The van der Waals surface area contributed by atoms with Crippen LogP contribution in [0.2, 0.25) is 0 Å². The van der Waals surface area contributed by atoms with E-state index in [9.17, 15) is 4.39 Å². The second kappa shape index (κ2) is 8.10. The van der Waals surface area contributed by atoms with E-state index in [1.807, 2.05) is 6.07 Å². The fourth-order valence-corrected chi connectivity index (χ4v) is 3.87. The lowest BCUT2D eigenvalue weighted by molar-refractivity contribution is 0.294. The number of fused-ring (bicyclic) bond motifs is 1. The molecule has 0 radical (unpaired) electrons. The monoisotopic (exact) mass is 399 g/mol. The quantitative estimate of drug-likeness (QED) is 0.619. The van der Waals surface area contributed by atoms with Gasteiger partial charge in [-0.3, -0.25) is 10.4 Å². The van der Waals surface area contributed by atoms with Gasteiger partial charge in [0, 0.05) is 44.0 Å². The zero-order chi connectivity index (χ0) is 19.5. The number of hydrogen-bond acceptors (Lipinski definition) is 5. The van der Waals surface area contributed by atoms with Crippen molar-refractivity contribution in [3.05, 3.63) is 54.1 Å². The predicted molar refractivity (Wildman–Crippen MR) is 111 cm³/mol. The molecule has 1 unspecified atom stereocenters. The first-order chi connectivity index (χ1) is 13.6. The highest BCUT2D eigenvalue weighted by Gasteiger charge is 2.26. The molecule has 0 amide bonds. The van der Waals surface area contributed by atoms with E-state index in [2.05, 4.69) is 56.5 Å². The van der Waals surface area contributed by atoms with Gasteiger partial charge in [-0.05, 0) is 37.3 Å². The van der Waals surface area contributed by atoms with Crippen LogP contribution in [0.25, 0.3) is 0 Å². The first-order valence-electron chi connectivity index (χ1n) is 9.34. The Morgan fingerprint density at radius 2 is 2.11 bits per heavy atom. The molecule has 0 saturated carbocycles. The van der Waals surface area contributed by atoms with Gasteiger partial charge < -0.3 is 14.5 Å². The van der Waals surface area contributed by atoms with Crippen LogP contribution in [0.4, 0.5) is 10.1 Å². The zero-order valence-corrected chi connectivity index (χ0v) is 16.5. The van der Waals surface area contributed by atoms with Crippen molar-refractivity contribution in [2.45, 2.75) is 19.4 Å². The standard InChI is InChI=1S/C20H22FN5OS/c1-14-13-25(15-5-3-2-4-6-15)10-11-26(14)20(28)24-23-17-8-12-27-19-16(21)7-9-22-18(17)19/h2-7,9,14H,8,10-13H2,1H3,(H,24,28)/b23-17-. The van der Waals surface area contributed by atoms with Crippen molar-refractivity contribution in [3.63, 3.8) is 0 Å². The number of para-hydroxylation sites is 1. The topological polar surface area (TPSA) is 53.0 Å². The van der Waals surface area contributed by atoms with E-state index in [4.69, 9.17) is 17.0 Å². The Labute approximate surface area is 169 Å². The molecule has 8 heteroatoms. The third-order valence-electron chi connectivity index (χ3n) is 5.01. The number of nitrogens with zero attached hydrogens (tertiary/aromatic N) is 4. The first kappa shape index (κ1) is 18.6. The molecule has 0 aliphatic carbocycles. The Kier molecular flexibility index (Phi) is 5.38. The van der Waals surface area contributed by atoms with E-state index < -0.39 is 5.82 Å². The van der Waals surface area contributed by atoms with Crippen LogP contribution in [0, 0.1) is 5.82 Å². The van der Waals surface area contributed by atoms with Crippen molar-refractivity contribution in [1.82, 2.24) is 15.3 Å². The van der Waals surface area contributed by atoms with Gasteiger partial charge in [0.1, 0.15) is 5.69 Å². The summed E-state index contributed by atoms with van der Waals surface area (Å²) in [6, 6.07) is 11.9. The fraction of sp³-hybridized carbons (Fsp3) is 0.350. The van der Waals surface area contributed by atoms with Crippen LogP contribution in [-0.2, 0) is 0 Å². The molecule has 1 fully saturated rings. The summed E-state index contributed by atoms with van der Waals surface area (Å²) in [5.74, 6) is -0.268. The highest BCUT2D eigenvalue weighted by molar-refractivity contribution is 7.80. The molecular weight excluding hydrogens is 377 g/mol. The molecular formula is C20H22FN5OS. The van der Waals surface area contributed by atoms with Gasteiger partial charge in [-0.15, -0.1) is 0 Å². The van der Waals surface area contributed by atoms with E-state index in [-0.39, 0.29) is 11.8 Å². The summed E-state index contributed by atoms with van der Waals surface area (Å²) in [5, 5.41) is 4.98. The van der Waals surface area contributed by atoms with Crippen molar-refractivity contribution in [3.8, 4) is 5.75 Å². The normalized spacial score (nSPS) is 20.5. The minimum absolute atomic E-state index is 0.157. The van der Waals surface area contributed by atoms with Gasteiger partial charge in [0.05, 0.1) is 12.3 Å². The van der Waals surface area contributed by atoms with Gasteiger partial charge in [0.15, 0.2) is 16.7 Å². The zero-order valence-electron chi connectivity index (χ0n) is 15.6. The van der Waals surface area contributed by atoms with Crippen LogP contribution in [0.1, 0.15) is 19.0 Å². The summed E-state index contributed by atoms with van der Waals surface area (Å²) >= 11 is 5.56. The third kappa shape index (κ3) is 3.77. The van der Waals surface area contributed by atoms with Crippen molar-refractivity contribution >= 4 is 28.7 Å². The number of piperazine rings is 1. The number of aromatic nitrogens is 1. The summed E-state index contributed by atoms with van der Waals surface area (Å²) in [4.78, 5) is 8.71. The smallest absolute Gasteiger partial charge is 0.189 e. The predicted octanol–water partition coefficient (Wildman–Crippen LogP) is 2.79. The molecule has 2 aliphatic heterocycles. The number of benzene rings is 1. The van der Waals surface area contributed by atoms with E-state index in [1.165, 1.54) is 18.0 Å². The maximum absolute atomic E-state index is 13.9. The second-order valence-corrected chi connectivity index (χ2v) is 7.26. The summed E-state index contributed by atoms with van der Waals surface area (Å²) in [6.45, 7) is 5.09. The summed E-state index contributed by atoms with van der Waals surface area (Å²) in [6.07, 6.45) is 1.97. The minimum atomic E-state index is -0.425. The lowest BCUT2D eigenvalue weighted by atomic mass is 10.1. The molecule has 1 N–H and O–H groups in total. The van der Waals surface area contributed by atoms with E-state index in [1.54, 1.807) is 0 Å². The highest BCUT2D eigenvalue weighted by Crippen LogP contribution is 2.26. The molecule has 4 rings (SSSR count). The Hall–Kier alpha value is -2.74. The Morgan fingerprint density at radius 1 is 1.29 bits per heavy atom. The van der Waals surface area contributed by atoms with Crippen molar-refractivity contribution in [1.29, 1.82) is 0 Å². The molecule has 28 heavy (non-hydrogen) atoms. The number of hydrogen-bond donors (Lipinski definition) is 1. The summed E-state index contributed by atoms with van der Waals surface area (Å²) in [7, 11) is 0. The van der Waals surface area contributed by atoms with E-state index >= 15 is 0 Å². The number of nitrogens with one attached hydrogen (secondary N) is 1. The van der Waals surface area contributed by atoms with Crippen LogP contribution in [0.3, 0.4) is 0 Å². The first-order valence-corrected chi connectivity index (χ1v) is 9.75. The number of thiocarbonyl (C=S) groups is 1. The lowest BCUT2D eigenvalue weighted by Gasteiger charge is -2.41. The maximum Gasteiger partial charge on any atom is 0.189 e. The SMILES string of the molecule is CC1CN(c2ccccc2)CCN1C(=S)N/N=C1/CCOc2c(F)ccnc21. The highest BCUT2D eigenvalue weighted by atomic mass is 32.1. The number of rotatable bonds is 2. The Balaban J connectivity index is 1.41. The molecule has 146 valence electrons. The van der Waals surface area contributed by atoms with Gasteiger partial charge in [0.25, 0.3) is 0 Å². The summed E-state index contributed by atoms with van der Waals surface area (Å²) in [5.41, 5.74) is 5.28. The minimum Gasteiger partial charge on any atom is -0.488 e. The number of hydrazone groups is 1. The molecule has 0 spiro atoms. The molecule has 1 saturated heterocycles. The molecule has 6 nitrogen and oxygen atoms in total. The van der Waals surface area contributed by atoms with Gasteiger partial charge in [0.2, 0.25) is 0 Å². The van der Waals surface area contributed by atoms with Crippen LogP contribution in [-0.4, -0.2) is 53.0 Å². The Bertz CT molecular complexity index is 891. The van der Waals surface area contributed by atoms with E-state index in [0.29, 0.717) is 29.5 Å². The number of ether oxygens (including phenoxy) is 1. The molecule has 0 bridgehead atoms. The maximum atomic E-state index is 13.9. The van der Waals surface area contributed by atoms with Crippen molar-refractivity contribution < 1.29 is 9.13 Å². The molecule has 3 heterocycles. The average Bonchev–Trinajstić information content (AvgIpc) is 2.73. The van der Waals surface area contributed by atoms with E-state index in [0.717, 1.165) is 19.6 Å². The molecule has 1 atom stereocenters. The lowest BCUT2D eigenvalue weighted by Crippen LogP contribution is -2.56. The molecule has 1 aromatic carbocycles. The van der Waals surface area contributed by atoms with Gasteiger partial charge in [-0.25, -0.2) is 4.39 Å². The van der Waals surface area contributed by atoms with Gasteiger partial charge in [-0.1, -0.05) is 18.2 Å². The number of anilines is 1. The van der Waals surface area contributed by atoms with Gasteiger partial charge >= 0.3 is 0 Å². The third-order valence-corrected chi connectivity index (χ3v) is 5.34. The molecule has 2 aromatic rings. The Morgan fingerprint density at radius 3 is 2.89 bits per heavy atom. The van der Waals surface area contributed by atoms with Crippen LogP contribution >= 0.6 is 12.2 Å². The van der Waals surface area contributed by atoms with Crippen LogP contribution in [0.15, 0.2) is 47.7 Å². The van der Waals surface area contributed by atoms with Crippen molar-refractivity contribution in [2.75, 3.05) is 31.1 Å². The number of halogens is 1. The van der Waals surface area contributed by atoms with Gasteiger partial charge in [-0.2, -0.15) is 5.10 Å². The molecule has 2 aliphatic rings. The van der Waals surface area contributed by atoms with Crippen molar-refractivity contribution in [2.24, 2.45) is 5.10 Å². The molecule has 1 aromatic heterocycles. The van der Waals surface area contributed by atoms with Crippen LogP contribution in [0.5, 0.6) is 5.75 Å². The number of pyridine rings is 1. The fourth-order valence-electron chi connectivity index (χ4n) is 3.56. The largest absolute Gasteiger partial charge is 0.488 e. The summed E-state index contributed by atoms with van der Waals surface area (Å²) < 4.78 is 19.3. The second-order valence-electron chi connectivity index (χ2n) is 6.87. The average molecular weight is 399 g/mol. The van der Waals surface area contributed by atoms with Crippen LogP contribution < -0.4 is 15.1 Å².